The van der Waals surface area contributed by atoms with Crippen LogP contribution < -0.4 is 10.9 Å². The van der Waals surface area contributed by atoms with Crippen LogP contribution in [-0.4, -0.2) is 25.5 Å². The van der Waals surface area contributed by atoms with Crippen LogP contribution in [0.2, 0.25) is 0 Å². The first-order valence-corrected chi connectivity index (χ1v) is 7.96. The minimum absolute atomic E-state index is 0.0132. The number of carbonyl (C=O) groups excluding carboxylic acids is 1. The quantitative estimate of drug-likeness (QED) is 0.748. The van der Waals surface area contributed by atoms with E-state index in [1.54, 1.807) is 6.92 Å². The highest BCUT2D eigenvalue weighted by atomic mass is 16.2. The smallest absolute Gasteiger partial charge is 0.286 e. The van der Waals surface area contributed by atoms with Crippen LogP contribution in [0.5, 0.6) is 0 Å². The summed E-state index contributed by atoms with van der Waals surface area (Å²) in [5, 5.41) is 5.77. The molecular weight excluding hydrogens is 306 g/mol. The number of fused-ring (bicyclic) bond motifs is 2. The SMILES string of the molecule is Cc1nc2ncc(C(=O)NC3CCCc4ccccc43)c(=O)n2[nH]1. The van der Waals surface area contributed by atoms with Crippen molar-refractivity contribution in [2.45, 2.75) is 32.2 Å². The molecule has 1 aliphatic rings. The van der Waals surface area contributed by atoms with Crippen molar-refractivity contribution in [1.29, 1.82) is 0 Å². The van der Waals surface area contributed by atoms with E-state index in [-0.39, 0.29) is 17.4 Å². The van der Waals surface area contributed by atoms with Crippen LogP contribution in [-0.2, 0) is 6.42 Å². The lowest BCUT2D eigenvalue weighted by atomic mass is 9.87. The van der Waals surface area contributed by atoms with Crippen LogP contribution in [0.1, 0.15) is 46.2 Å². The number of nitrogens with one attached hydrogen (secondary N) is 2. The number of hydrogen-bond acceptors (Lipinski definition) is 4. The number of benzene rings is 1. The summed E-state index contributed by atoms with van der Waals surface area (Å²) in [6.45, 7) is 1.73. The molecule has 0 aliphatic heterocycles. The van der Waals surface area contributed by atoms with E-state index in [1.165, 1.54) is 16.3 Å². The molecule has 7 heteroatoms. The fraction of sp³-hybridized carbons (Fsp3) is 0.294. The molecule has 0 saturated carbocycles. The van der Waals surface area contributed by atoms with Gasteiger partial charge in [-0.15, -0.1) is 0 Å². The van der Waals surface area contributed by atoms with Gasteiger partial charge in [0.1, 0.15) is 11.4 Å². The highest BCUT2D eigenvalue weighted by Gasteiger charge is 2.23. The number of amides is 1. The number of rotatable bonds is 2. The lowest BCUT2D eigenvalue weighted by molar-refractivity contribution is 0.0930. The lowest BCUT2D eigenvalue weighted by Gasteiger charge is -2.26. The molecule has 1 aromatic carbocycles. The molecule has 1 aliphatic carbocycles. The molecule has 1 atom stereocenters. The Morgan fingerprint density at radius 2 is 2.21 bits per heavy atom. The normalized spacial score (nSPS) is 16.8. The average Bonchev–Trinajstić information content (AvgIpc) is 2.97. The number of aryl methyl sites for hydroxylation is 2. The predicted molar refractivity (Wildman–Crippen MR) is 87.9 cm³/mol. The Morgan fingerprint density at radius 1 is 1.38 bits per heavy atom. The van der Waals surface area contributed by atoms with Gasteiger partial charge in [0.05, 0.1) is 6.04 Å². The third-order valence-corrected chi connectivity index (χ3v) is 4.40. The molecule has 2 N–H and O–H groups in total. The van der Waals surface area contributed by atoms with Gasteiger partial charge in [0.25, 0.3) is 17.2 Å². The number of hydrogen-bond donors (Lipinski definition) is 2. The monoisotopic (exact) mass is 323 g/mol. The largest absolute Gasteiger partial charge is 0.345 e. The van der Waals surface area contributed by atoms with Crippen LogP contribution in [0, 0.1) is 6.92 Å². The molecule has 2 heterocycles. The molecule has 24 heavy (non-hydrogen) atoms. The zero-order valence-corrected chi connectivity index (χ0v) is 13.2. The third kappa shape index (κ3) is 2.38. The summed E-state index contributed by atoms with van der Waals surface area (Å²) in [6, 6.07) is 8.02. The summed E-state index contributed by atoms with van der Waals surface area (Å²) < 4.78 is 1.19. The molecule has 4 rings (SSSR count). The van der Waals surface area contributed by atoms with Crippen LogP contribution in [0.25, 0.3) is 5.78 Å². The highest BCUT2D eigenvalue weighted by Crippen LogP contribution is 2.29. The van der Waals surface area contributed by atoms with Crippen LogP contribution >= 0.6 is 0 Å². The first kappa shape index (κ1) is 14.6. The van der Waals surface area contributed by atoms with E-state index in [1.807, 2.05) is 18.2 Å². The molecule has 3 aromatic rings. The zero-order chi connectivity index (χ0) is 16.7. The van der Waals surface area contributed by atoms with Gasteiger partial charge in [0.15, 0.2) is 0 Å². The molecule has 0 bridgehead atoms. The van der Waals surface area contributed by atoms with Gasteiger partial charge in [0.2, 0.25) is 0 Å². The van der Waals surface area contributed by atoms with Gasteiger partial charge in [-0.3, -0.25) is 14.7 Å². The molecule has 0 radical (unpaired) electrons. The summed E-state index contributed by atoms with van der Waals surface area (Å²) >= 11 is 0. The van der Waals surface area contributed by atoms with Gasteiger partial charge in [-0.05, 0) is 37.3 Å². The Kier molecular flexibility index (Phi) is 3.41. The summed E-state index contributed by atoms with van der Waals surface area (Å²) in [5.41, 5.74) is 1.95. The van der Waals surface area contributed by atoms with E-state index >= 15 is 0 Å². The van der Waals surface area contributed by atoms with Crippen molar-refractivity contribution in [2.24, 2.45) is 0 Å². The van der Waals surface area contributed by atoms with Gasteiger partial charge < -0.3 is 5.32 Å². The van der Waals surface area contributed by atoms with Crippen molar-refractivity contribution in [2.75, 3.05) is 0 Å². The van der Waals surface area contributed by atoms with Crippen LogP contribution in [0.4, 0.5) is 0 Å². The van der Waals surface area contributed by atoms with Crippen molar-refractivity contribution in [3.8, 4) is 0 Å². The van der Waals surface area contributed by atoms with E-state index in [0.29, 0.717) is 5.82 Å². The minimum atomic E-state index is -0.442. The second-order valence-electron chi connectivity index (χ2n) is 6.04. The van der Waals surface area contributed by atoms with Crippen molar-refractivity contribution < 1.29 is 4.79 Å². The topological polar surface area (TPSA) is 92.2 Å². The molecule has 1 amide bonds. The third-order valence-electron chi connectivity index (χ3n) is 4.40. The second kappa shape index (κ2) is 5.59. The average molecular weight is 323 g/mol. The number of aromatic nitrogens is 4. The summed E-state index contributed by atoms with van der Waals surface area (Å²) in [5.74, 6) is 0.422. The Bertz CT molecular complexity index is 988. The van der Waals surface area contributed by atoms with Crippen molar-refractivity contribution in [1.82, 2.24) is 24.9 Å². The van der Waals surface area contributed by atoms with E-state index in [0.717, 1.165) is 24.8 Å². The summed E-state index contributed by atoms with van der Waals surface area (Å²) in [7, 11) is 0. The van der Waals surface area contributed by atoms with Gasteiger partial charge in [0, 0.05) is 6.20 Å². The molecule has 0 saturated heterocycles. The Balaban J connectivity index is 1.66. The van der Waals surface area contributed by atoms with Gasteiger partial charge in [-0.2, -0.15) is 9.50 Å². The maximum atomic E-state index is 12.6. The predicted octanol–water partition coefficient (Wildman–Crippen LogP) is 1.53. The number of H-pyrrole nitrogens is 1. The lowest BCUT2D eigenvalue weighted by Crippen LogP contribution is -2.35. The minimum Gasteiger partial charge on any atom is -0.345 e. The molecule has 0 fully saturated rings. The zero-order valence-electron chi connectivity index (χ0n) is 13.2. The Labute approximate surface area is 137 Å². The molecule has 7 nitrogen and oxygen atoms in total. The fourth-order valence-electron chi connectivity index (χ4n) is 3.26. The van der Waals surface area contributed by atoms with Gasteiger partial charge >= 0.3 is 0 Å². The number of carbonyl (C=O) groups is 1. The molecule has 122 valence electrons. The Morgan fingerprint density at radius 3 is 3.08 bits per heavy atom. The van der Waals surface area contributed by atoms with Crippen molar-refractivity contribution in [3.05, 3.63) is 63.3 Å². The van der Waals surface area contributed by atoms with Crippen molar-refractivity contribution in [3.63, 3.8) is 0 Å². The maximum absolute atomic E-state index is 12.6. The van der Waals surface area contributed by atoms with E-state index in [9.17, 15) is 9.59 Å². The summed E-state index contributed by atoms with van der Waals surface area (Å²) in [6.07, 6.45) is 4.19. The first-order chi connectivity index (χ1) is 11.6. The summed E-state index contributed by atoms with van der Waals surface area (Å²) in [4.78, 5) is 33.2. The van der Waals surface area contributed by atoms with Gasteiger partial charge in [-0.1, -0.05) is 24.3 Å². The Hall–Kier alpha value is -2.96. The van der Waals surface area contributed by atoms with E-state index in [4.69, 9.17) is 0 Å². The molecule has 0 spiro atoms. The first-order valence-electron chi connectivity index (χ1n) is 7.96. The number of nitrogens with zero attached hydrogens (tertiary/aromatic N) is 3. The number of aromatic amines is 1. The van der Waals surface area contributed by atoms with E-state index < -0.39 is 11.5 Å². The maximum Gasteiger partial charge on any atom is 0.286 e. The van der Waals surface area contributed by atoms with Gasteiger partial charge in [-0.25, -0.2) is 4.98 Å². The highest BCUT2D eigenvalue weighted by molar-refractivity contribution is 5.94. The fourth-order valence-corrected chi connectivity index (χ4v) is 3.26. The molecule has 2 aromatic heterocycles. The molecule has 1 unspecified atom stereocenters. The standard InChI is InChI=1S/C17H17N5O2/c1-10-19-17-18-9-13(16(24)22(17)21-10)15(23)20-14-8-4-6-11-5-2-3-7-12(11)14/h2-3,5,7,9,14H,4,6,8H2,1H3,(H,20,23)(H,18,19,21). The van der Waals surface area contributed by atoms with Crippen molar-refractivity contribution >= 4 is 11.7 Å². The van der Waals surface area contributed by atoms with Crippen LogP contribution in [0.3, 0.4) is 0 Å². The van der Waals surface area contributed by atoms with Crippen LogP contribution in [0.15, 0.2) is 35.3 Å². The second-order valence-corrected chi connectivity index (χ2v) is 6.04. The van der Waals surface area contributed by atoms with E-state index in [2.05, 4.69) is 26.4 Å². The molecular formula is C17H17N5O2.